The molecule has 0 aliphatic carbocycles. The lowest BCUT2D eigenvalue weighted by Crippen LogP contribution is -2.15. The lowest BCUT2D eigenvalue weighted by Gasteiger charge is -2.08. The molecular formula is C18H22N2O. The summed E-state index contributed by atoms with van der Waals surface area (Å²) in [6, 6.07) is 15.5. The summed E-state index contributed by atoms with van der Waals surface area (Å²) in [6.07, 6.45) is 1.11. The summed E-state index contributed by atoms with van der Waals surface area (Å²) in [4.78, 5) is 12.2. The molecule has 0 aromatic heterocycles. The first kappa shape index (κ1) is 15.3. The highest BCUT2D eigenvalue weighted by molar-refractivity contribution is 6.04. The van der Waals surface area contributed by atoms with Gasteiger partial charge in [-0.2, -0.15) is 0 Å². The van der Waals surface area contributed by atoms with Gasteiger partial charge in [0.1, 0.15) is 0 Å². The minimum absolute atomic E-state index is 0.0753. The van der Waals surface area contributed by atoms with Gasteiger partial charge in [0, 0.05) is 17.8 Å². The van der Waals surface area contributed by atoms with Crippen LogP contribution < -0.4 is 10.6 Å². The summed E-state index contributed by atoms with van der Waals surface area (Å²) in [5, 5.41) is 6.30. The van der Waals surface area contributed by atoms with Crippen LogP contribution in [-0.4, -0.2) is 12.5 Å². The molecule has 0 radical (unpaired) electrons. The monoisotopic (exact) mass is 282 g/mol. The highest BCUT2D eigenvalue weighted by Crippen LogP contribution is 2.13. The van der Waals surface area contributed by atoms with Crippen molar-refractivity contribution >= 4 is 11.6 Å². The Morgan fingerprint density at radius 1 is 1.10 bits per heavy atom. The Morgan fingerprint density at radius 2 is 1.86 bits per heavy atom. The SMILES string of the molecule is CCCNCc1cccc(NC(=O)c2ccc(C)cc2)c1. The quantitative estimate of drug-likeness (QED) is 0.792. The summed E-state index contributed by atoms with van der Waals surface area (Å²) in [5.74, 6) is -0.0753. The van der Waals surface area contributed by atoms with Gasteiger partial charge in [-0.3, -0.25) is 4.79 Å². The maximum Gasteiger partial charge on any atom is 0.255 e. The average molecular weight is 282 g/mol. The molecule has 0 heterocycles. The van der Waals surface area contributed by atoms with Gasteiger partial charge < -0.3 is 10.6 Å². The van der Waals surface area contributed by atoms with Gasteiger partial charge in [-0.15, -0.1) is 0 Å². The number of nitrogens with one attached hydrogen (secondary N) is 2. The minimum Gasteiger partial charge on any atom is -0.322 e. The van der Waals surface area contributed by atoms with Gasteiger partial charge in [0.15, 0.2) is 0 Å². The van der Waals surface area contributed by atoms with Gasteiger partial charge in [-0.1, -0.05) is 36.8 Å². The molecule has 3 nitrogen and oxygen atoms in total. The van der Waals surface area contributed by atoms with E-state index in [1.165, 1.54) is 5.56 Å². The van der Waals surface area contributed by atoms with E-state index in [2.05, 4.69) is 23.6 Å². The van der Waals surface area contributed by atoms with Crippen LogP contribution in [0, 0.1) is 6.92 Å². The fourth-order valence-corrected chi connectivity index (χ4v) is 2.08. The second-order valence-corrected chi connectivity index (χ2v) is 5.20. The maximum atomic E-state index is 12.2. The third-order valence-electron chi connectivity index (χ3n) is 3.25. The zero-order valence-corrected chi connectivity index (χ0v) is 12.6. The van der Waals surface area contributed by atoms with Crippen molar-refractivity contribution in [2.24, 2.45) is 0 Å². The molecule has 2 rings (SSSR count). The number of carbonyl (C=O) groups excluding carboxylic acids is 1. The molecule has 3 heteroatoms. The Labute approximate surface area is 126 Å². The van der Waals surface area contributed by atoms with Crippen molar-refractivity contribution in [2.45, 2.75) is 26.8 Å². The van der Waals surface area contributed by atoms with Crippen LogP contribution in [0.4, 0.5) is 5.69 Å². The van der Waals surface area contributed by atoms with E-state index < -0.39 is 0 Å². The normalized spacial score (nSPS) is 10.4. The van der Waals surface area contributed by atoms with Gasteiger partial charge in [-0.25, -0.2) is 0 Å². The predicted molar refractivity (Wildman–Crippen MR) is 87.6 cm³/mol. The van der Waals surface area contributed by atoms with E-state index in [4.69, 9.17) is 0 Å². The van der Waals surface area contributed by atoms with E-state index in [1.54, 1.807) is 0 Å². The zero-order chi connectivity index (χ0) is 15.1. The van der Waals surface area contributed by atoms with Gasteiger partial charge in [0.05, 0.1) is 0 Å². The number of hydrogen-bond donors (Lipinski definition) is 2. The van der Waals surface area contributed by atoms with Crippen LogP contribution in [-0.2, 0) is 6.54 Å². The van der Waals surface area contributed by atoms with Crippen LogP contribution in [0.2, 0.25) is 0 Å². The van der Waals surface area contributed by atoms with E-state index in [9.17, 15) is 4.79 Å². The third-order valence-corrected chi connectivity index (χ3v) is 3.25. The molecule has 0 bridgehead atoms. The molecule has 2 aromatic rings. The molecule has 0 atom stereocenters. The Morgan fingerprint density at radius 3 is 2.57 bits per heavy atom. The van der Waals surface area contributed by atoms with Crippen molar-refractivity contribution in [3.63, 3.8) is 0 Å². The molecule has 21 heavy (non-hydrogen) atoms. The molecule has 0 spiro atoms. The van der Waals surface area contributed by atoms with E-state index in [0.717, 1.165) is 30.8 Å². The Bertz CT molecular complexity index is 590. The Hall–Kier alpha value is -2.13. The lowest BCUT2D eigenvalue weighted by molar-refractivity contribution is 0.102. The summed E-state index contributed by atoms with van der Waals surface area (Å²) in [6.45, 7) is 5.97. The molecule has 110 valence electrons. The number of amides is 1. The highest BCUT2D eigenvalue weighted by atomic mass is 16.1. The number of rotatable bonds is 6. The fraction of sp³-hybridized carbons (Fsp3) is 0.278. The smallest absolute Gasteiger partial charge is 0.255 e. The van der Waals surface area contributed by atoms with Crippen LogP contribution in [0.1, 0.15) is 34.8 Å². The number of hydrogen-bond acceptors (Lipinski definition) is 2. The summed E-state index contributed by atoms with van der Waals surface area (Å²) < 4.78 is 0. The standard InChI is InChI=1S/C18H22N2O/c1-3-11-19-13-15-5-4-6-17(12-15)20-18(21)16-9-7-14(2)8-10-16/h4-10,12,19H,3,11,13H2,1-2H3,(H,20,21). The van der Waals surface area contributed by atoms with E-state index >= 15 is 0 Å². The number of anilines is 1. The number of benzene rings is 2. The first-order chi connectivity index (χ1) is 10.2. The van der Waals surface area contributed by atoms with E-state index in [-0.39, 0.29) is 5.91 Å². The molecule has 0 unspecified atom stereocenters. The van der Waals surface area contributed by atoms with Crippen LogP contribution in [0.15, 0.2) is 48.5 Å². The molecule has 1 amide bonds. The molecular weight excluding hydrogens is 260 g/mol. The summed E-state index contributed by atoms with van der Waals surface area (Å²) in [5.41, 5.74) is 3.83. The van der Waals surface area contributed by atoms with Crippen molar-refractivity contribution in [3.05, 3.63) is 65.2 Å². The van der Waals surface area contributed by atoms with Crippen LogP contribution in [0.3, 0.4) is 0 Å². The Kier molecular flexibility index (Phi) is 5.52. The Balaban J connectivity index is 2.00. The minimum atomic E-state index is -0.0753. The molecule has 0 saturated carbocycles. The fourth-order valence-electron chi connectivity index (χ4n) is 2.08. The zero-order valence-electron chi connectivity index (χ0n) is 12.6. The maximum absolute atomic E-state index is 12.2. The van der Waals surface area contributed by atoms with Crippen LogP contribution in [0.5, 0.6) is 0 Å². The number of aryl methyl sites for hydroxylation is 1. The second kappa shape index (κ2) is 7.60. The van der Waals surface area contributed by atoms with Crippen molar-refractivity contribution < 1.29 is 4.79 Å². The topological polar surface area (TPSA) is 41.1 Å². The summed E-state index contributed by atoms with van der Waals surface area (Å²) >= 11 is 0. The van der Waals surface area contributed by atoms with Crippen LogP contribution in [0.25, 0.3) is 0 Å². The molecule has 2 aromatic carbocycles. The van der Waals surface area contributed by atoms with Gasteiger partial charge >= 0.3 is 0 Å². The molecule has 0 fully saturated rings. The largest absolute Gasteiger partial charge is 0.322 e. The van der Waals surface area contributed by atoms with Crippen molar-refractivity contribution in [1.29, 1.82) is 0 Å². The lowest BCUT2D eigenvalue weighted by atomic mass is 10.1. The van der Waals surface area contributed by atoms with Crippen molar-refractivity contribution in [1.82, 2.24) is 5.32 Å². The molecule has 0 aliphatic rings. The van der Waals surface area contributed by atoms with E-state index in [1.807, 2.05) is 49.4 Å². The van der Waals surface area contributed by atoms with Gasteiger partial charge in [0.2, 0.25) is 0 Å². The summed E-state index contributed by atoms with van der Waals surface area (Å²) in [7, 11) is 0. The molecule has 2 N–H and O–H groups in total. The van der Waals surface area contributed by atoms with Gasteiger partial charge in [-0.05, 0) is 49.7 Å². The first-order valence-corrected chi connectivity index (χ1v) is 7.36. The average Bonchev–Trinajstić information content (AvgIpc) is 2.48. The van der Waals surface area contributed by atoms with E-state index in [0.29, 0.717) is 5.56 Å². The number of carbonyl (C=O) groups is 1. The first-order valence-electron chi connectivity index (χ1n) is 7.36. The van der Waals surface area contributed by atoms with Gasteiger partial charge in [0.25, 0.3) is 5.91 Å². The van der Waals surface area contributed by atoms with Crippen LogP contribution >= 0.6 is 0 Å². The highest BCUT2D eigenvalue weighted by Gasteiger charge is 2.05. The third kappa shape index (κ3) is 4.72. The molecule has 0 saturated heterocycles. The van der Waals surface area contributed by atoms with Crippen molar-refractivity contribution in [3.8, 4) is 0 Å². The van der Waals surface area contributed by atoms with Crippen molar-refractivity contribution in [2.75, 3.05) is 11.9 Å². The molecule has 0 aliphatic heterocycles. The predicted octanol–water partition coefficient (Wildman–Crippen LogP) is 3.75. The second-order valence-electron chi connectivity index (χ2n) is 5.20.